The monoisotopic (exact) mass is 418 g/mol. The van der Waals surface area contributed by atoms with Crippen molar-refractivity contribution in [1.29, 1.82) is 0 Å². The number of carbonyl (C=O) groups excluding carboxylic acids is 2. The Kier molecular flexibility index (Phi) is 6.02. The molecule has 0 aromatic heterocycles. The smallest absolute Gasteiger partial charge is 0.321 e. The van der Waals surface area contributed by atoms with E-state index < -0.39 is 0 Å². The lowest BCUT2D eigenvalue weighted by atomic mass is 9.75. The zero-order valence-corrected chi connectivity index (χ0v) is 18.0. The SMILES string of the molecule is CCN1CC[C@]2(C(=O)N3CCCC3)CCN(C(=O)Nc3ccc(Cl)cc3)CC[C@H]12. The molecular weight excluding hydrogens is 388 g/mol. The Bertz CT molecular complexity index is 750. The molecule has 7 heteroatoms. The van der Waals surface area contributed by atoms with Crippen LogP contribution in [0.1, 0.15) is 39.0 Å². The standard InChI is InChI=1S/C22H31ClN4O2/c1-2-25-15-10-22(20(28)26-12-3-4-13-26)11-16-27(14-9-19(22)25)21(29)24-18-7-5-17(23)6-8-18/h5-8,19H,2-4,9-16H2,1H3,(H,24,29)/t19-,22-/m0/s1. The maximum atomic E-state index is 13.6. The fourth-order valence-electron chi connectivity index (χ4n) is 5.40. The third kappa shape index (κ3) is 3.97. The molecule has 1 aromatic rings. The molecular formula is C22H31ClN4O2. The maximum Gasteiger partial charge on any atom is 0.321 e. The molecule has 0 unspecified atom stereocenters. The quantitative estimate of drug-likeness (QED) is 0.814. The highest BCUT2D eigenvalue weighted by atomic mass is 35.5. The molecule has 3 aliphatic rings. The lowest BCUT2D eigenvalue weighted by molar-refractivity contribution is -0.143. The Morgan fingerprint density at radius 2 is 1.72 bits per heavy atom. The molecule has 0 saturated carbocycles. The predicted octanol–water partition coefficient (Wildman–Crippen LogP) is 3.67. The van der Waals surface area contributed by atoms with E-state index in [0.717, 1.165) is 64.0 Å². The number of amides is 3. The van der Waals surface area contributed by atoms with E-state index in [9.17, 15) is 9.59 Å². The minimum atomic E-state index is -0.338. The molecule has 1 aromatic carbocycles. The zero-order chi connectivity index (χ0) is 20.4. The van der Waals surface area contributed by atoms with Crippen molar-refractivity contribution in [2.75, 3.05) is 44.6 Å². The summed E-state index contributed by atoms with van der Waals surface area (Å²) in [5.41, 5.74) is 0.400. The van der Waals surface area contributed by atoms with E-state index in [2.05, 4.69) is 22.0 Å². The fraction of sp³-hybridized carbons (Fsp3) is 0.636. The molecule has 2 atom stereocenters. The number of carbonyl (C=O) groups is 2. The first-order valence-corrected chi connectivity index (χ1v) is 11.3. The number of nitrogens with zero attached hydrogens (tertiary/aromatic N) is 3. The van der Waals surface area contributed by atoms with Crippen LogP contribution in [0.2, 0.25) is 5.02 Å². The van der Waals surface area contributed by atoms with Crippen LogP contribution < -0.4 is 5.32 Å². The first kappa shape index (κ1) is 20.5. The number of hydrogen-bond acceptors (Lipinski definition) is 3. The van der Waals surface area contributed by atoms with E-state index in [-0.39, 0.29) is 17.5 Å². The summed E-state index contributed by atoms with van der Waals surface area (Å²) in [5.74, 6) is 0.330. The van der Waals surface area contributed by atoms with Crippen LogP contribution in [-0.4, -0.2) is 71.9 Å². The van der Waals surface area contributed by atoms with E-state index in [4.69, 9.17) is 11.6 Å². The van der Waals surface area contributed by atoms with Crippen LogP contribution >= 0.6 is 11.6 Å². The van der Waals surface area contributed by atoms with Crippen LogP contribution in [0.5, 0.6) is 0 Å². The average molecular weight is 419 g/mol. The largest absolute Gasteiger partial charge is 0.342 e. The summed E-state index contributed by atoms with van der Waals surface area (Å²) in [5, 5.41) is 3.62. The van der Waals surface area contributed by atoms with Gasteiger partial charge in [-0.3, -0.25) is 9.69 Å². The number of benzene rings is 1. The van der Waals surface area contributed by atoms with Crippen molar-refractivity contribution in [3.8, 4) is 0 Å². The van der Waals surface area contributed by atoms with E-state index in [1.165, 1.54) is 0 Å². The molecule has 3 fully saturated rings. The minimum absolute atomic E-state index is 0.0980. The molecule has 3 aliphatic heterocycles. The van der Waals surface area contributed by atoms with Gasteiger partial charge in [-0.15, -0.1) is 0 Å². The minimum Gasteiger partial charge on any atom is -0.342 e. The maximum absolute atomic E-state index is 13.6. The van der Waals surface area contributed by atoms with Crippen LogP contribution in [0.25, 0.3) is 0 Å². The zero-order valence-electron chi connectivity index (χ0n) is 17.2. The normalized spacial score (nSPS) is 27.6. The number of hydrogen-bond donors (Lipinski definition) is 1. The number of halogens is 1. The van der Waals surface area contributed by atoms with Crippen molar-refractivity contribution in [3.63, 3.8) is 0 Å². The molecule has 1 N–H and O–H groups in total. The highest BCUT2D eigenvalue weighted by Crippen LogP contribution is 2.45. The fourth-order valence-corrected chi connectivity index (χ4v) is 5.52. The molecule has 4 rings (SSSR count). The van der Waals surface area contributed by atoms with Crippen molar-refractivity contribution in [2.45, 2.75) is 45.1 Å². The number of urea groups is 1. The van der Waals surface area contributed by atoms with Crippen LogP contribution in [0, 0.1) is 5.41 Å². The number of rotatable bonds is 3. The highest BCUT2D eigenvalue weighted by Gasteiger charge is 2.54. The second-order valence-electron chi connectivity index (χ2n) is 8.51. The molecule has 0 bridgehead atoms. The summed E-state index contributed by atoms with van der Waals surface area (Å²) < 4.78 is 0. The number of fused-ring (bicyclic) bond motifs is 1. The number of anilines is 1. The molecule has 29 heavy (non-hydrogen) atoms. The van der Waals surface area contributed by atoms with Crippen molar-refractivity contribution in [3.05, 3.63) is 29.3 Å². The van der Waals surface area contributed by atoms with Crippen molar-refractivity contribution in [1.82, 2.24) is 14.7 Å². The third-order valence-corrected chi connectivity index (χ3v) is 7.28. The Balaban J connectivity index is 1.49. The van der Waals surface area contributed by atoms with Crippen molar-refractivity contribution < 1.29 is 9.59 Å². The van der Waals surface area contributed by atoms with Gasteiger partial charge in [0.05, 0.1) is 5.41 Å². The first-order chi connectivity index (χ1) is 14.0. The molecule has 158 valence electrons. The van der Waals surface area contributed by atoms with Gasteiger partial charge in [0.1, 0.15) is 0 Å². The van der Waals surface area contributed by atoms with Crippen LogP contribution in [0.3, 0.4) is 0 Å². The van der Waals surface area contributed by atoms with Gasteiger partial charge in [0, 0.05) is 42.9 Å². The molecule has 3 saturated heterocycles. The molecule has 3 heterocycles. The summed E-state index contributed by atoms with van der Waals surface area (Å²) in [6.07, 6.45) is 4.73. The first-order valence-electron chi connectivity index (χ1n) is 10.9. The van der Waals surface area contributed by atoms with E-state index in [0.29, 0.717) is 24.0 Å². The van der Waals surface area contributed by atoms with Gasteiger partial charge in [0.2, 0.25) is 5.91 Å². The molecule has 0 aliphatic carbocycles. The van der Waals surface area contributed by atoms with Crippen molar-refractivity contribution >= 4 is 29.2 Å². The molecule has 0 radical (unpaired) electrons. The summed E-state index contributed by atoms with van der Waals surface area (Å²) in [7, 11) is 0. The van der Waals surface area contributed by atoms with Crippen molar-refractivity contribution in [2.24, 2.45) is 5.41 Å². The Morgan fingerprint density at radius 1 is 1.03 bits per heavy atom. The lowest BCUT2D eigenvalue weighted by Crippen LogP contribution is -2.50. The number of nitrogens with one attached hydrogen (secondary N) is 1. The lowest BCUT2D eigenvalue weighted by Gasteiger charge is -2.38. The topological polar surface area (TPSA) is 55.9 Å². The number of likely N-dealkylation sites (tertiary alicyclic amines) is 3. The van der Waals surface area contributed by atoms with Crippen LogP contribution in [0.4, 0.5) is 10.5 Å². The van der Waals surface area contributed by atoms with Gasteiger partial charge in [-0.25, -0.2) is 4.79 Å². The van der Waals surface area contributed by atoms with Crippen LogP contribution in [-0.2, 0) is 4.79 Å². The Labute approximate surface area is 178 Å². The average Bonchev–Trinajstić information content (AvgIpc) is 3.34. The highest BCUT2D eigenvalue weighted by molar-refractivity contribution is 6.30. The second kappa shape index (κ2) is 8.52. The van der Waals surface area contributed by atoms with Gasteiger partial charge in [0.25, 0.3) is 0 Å². The summed E-state index contributed by atoms with van der Waals surface area (Å²) >= 11 is 5.94. The van der Waals surface area contributed by atoms with E-state index in [1.807, 2.05) is 17.0 Å². The van der Waals surface area contributed by atoms with E-state index in [1.54, 1.807) is 12.1 Å². The van der Waals surface area contributed by atoms with Gasteiger partial charge in [-0.05, 0) is 69.5 Å². The van der Waals surface area contributed by atoms with Gasteiger partial charge in [0.15, 0.2) is 0 Å². The van der Waals surface area contributed by atoms with Gasteiger partial charge < -0.3 is 15.1 Å². The summed E-state index contributed by atoms with van der Waals surface area (Å²) in [6.45, 7) is 7.18. The Morgan fingerprint density at radius 3 is 2.41 bits per heavy atom. The third-order valence-electron chi connectivity index (χ3n) is 7.03. The van der Waals surface area contributed by atoms with Gasteiger partial charge in [-0.2, -0.15) is 0 Å². The second-order valence-corrected chi connectivity index (χ2v) is 8.95. The summed E-state index contributed by atoms with van der Waals surface area (Å²) in [6, 6.07) is 7.29. The molecule has 0 spiro atoms. The van der Waals surface area contributed by atoms with Crippen LogP contribution in [0.15, 0.2) is 24.3 Å². The molecule has 6 nitrogen and oxygen atoms in total. The summed E-state index contributed by atoms with van der Waals surface area (Å²) in [4.78, 5) is 32.9. The predicted molar refractivity (Wildman–Crippen MR) is 115 cm³/mol. The van der Waals surface area contributed by atoms with Gasteiger partial charge in [-0.1, -0.05) is 18.5 Å². The van der Waals surface area contributed by atoms with Gasteiger partial charge >= 0.3 is 6.03 Å². The van der Waals surface area contributed by atoms with E-state index >= 15 is 0 Å². The molecule has 3 amide bonds. The Hall–Kier alpha value is -1.79.